The molecule has 0 bridgehead atoms. The van der Waals surface area contributed by atoms with E-state index in [-0.39, 0.29) is 5.41 Å². The fourth-order valence-electron chi connectivity index (χ4n) is 1.45. The summed E-state index contributed by atoms with van der Waals surface area (Å²) in [5, 5.41) is 2.91. The third-order valence-electron chi connectivity index (χ3n) is 2.46. The molecule has 5 nitrogen and oxygen atoms in total. The van der Waals surface area contributed by atoms with Crippen molar-refractivity contribution in [1.29, 1.82) is 0 Å². The van der Waals surface area contributed by atoms with Crippen molar-refractivity contribution in [1.82, 2.24) is 4.98 Å². The van der Waals surface area contributed by atoms with Gasteiger partial charge in [0.05, 0.1) is 11.4 Å². The second-order valence-electron chi connectivity index (χ2n) is 5.10. The van der Waals surface area contributed by atoms with Crippen LogP contribution in [0.3, 0.4) is 0 Å². The van der Waals surface area contributed by atoms with E-state index in [1.54, 1.807) is 7.05 Å². The number of amidine groups is 1. The third-order valence-corrected chi connectivity index (χ3v) is 2.46. The number of hydrogen-bond acceptors (Lipinski definition) is 4. The lowest BCUT2D eigenvalue weighted by atomic mass is 9.91. The maximum Gasteiger partial charge on any atom is 0.142 e. The summed E-state index contributed by atoms with van der Waals surface area (Å²) < 4.78 is 0. The first-order chi connectivity index (χ1) is 8.25. The van der Waals surface area contributed by atoms with E-state index in [0.29, 0.717) is 17.5 Å². The predicted octanol–water partition coefficient (Wildman–Crippen LogP) is 1.56. The Labute approximate surface area is 108 Å². The van der Waals surface area contributed by atoms with Crippen LogP contribution in [0.1, 0.15) is 32.0 Å². The van der Waals surface area contributed by atoms with E-state index < -0.39 is 0 Å². The molecule has 0 radical (unpaired) electrons. The van der Waals surface area contributed by atoms with Crippen LogP contribution in [0.4, 0.5) is 5.82 Å². The van der Waals surface area contributed by atoms with Crippen molar-refractivity contribution in [3.05, 3.63) is 35.8 Å². The van der Waals surface area contributed by atoms with Crippen LogP contribution in [-0.2, 0) is 5.41 Å². The van der Waals surface area contributed by atoms with Gasteiger partial charge >= 0.3 is 0 Å². The van der Waals surface area contributed by atoms with E-state index in [4.69, 9.17) is 11.5 Å². The Morgan fingerprint density at radius 1 is 1.33 bits per heavy atom. The molecule has 98 valence electrons. The lowest BCUT2D eigenvalue weighted by Crippen LogP contribution is -2.21. The van der Waals surface area contributed by atoms with Crippen LogP contribution in [0, 0.1) is 0 Å². The van der Waals surface area contributed by atoms with Crippen LogP contribution in [0.5, 0.6) is 0 Å². The number of nitrogens with two attached hydrogens (primary N) is 2. The second-order valence-corrected chi connectivity index (χ2v) is 5.10. The summed E-state index contributed by atoms with van der Waals surface area (Å²) in [6.07, 6.45) is 0. The molecule has 5 N–H and O–H groups in total. The minimum atomic E-state index is -0.0526. The lowest BCUT2D eigenvalue weighted by molar-refractivity contribution is 0.569. The summed E-state index contributed by atoms with van der Waals surface area (Å²) in [4.78, 5) is 8.50. The van der Waals surface area contributed by atoms with Crippen molar-refractivity contribution in [3.63, 3.8) is 0 Å². The van der Waals surface area contributed by atoms with E-state index in [0.717, 1.165) is 11.3 Å². The molecule has 5 heteroatoms. The molecule has 1 aromatic heterocycles. The number of anilines is 1. The molecule has 0 atom stereocenters. The molecule has 0 saturated carbocycles. The lowest BCUT2D eigenvalue weighted by Gasteiger charge is -2.20. The van der Waals surface area contributed by atoms with Crippen molar-refractivity contribution in [2.75, 3.05) is 12.4 Å². The molecule has 1 rings (SSSR count). The van der Waals surface area contributed by atoms with Gasteiger partial charge < -0.3 is 16.8 Å². The van der Waals surface area contributed by atoms with Gasteiger partial charge in [0, 0.05) is 18.2 Å². The molecule has 18 heavy (non-hydrogen) atoms. The molecule has 0 aliphatic carbocycles. The fraction of sp³-hybridized carbons (Fsp3) is 0.385. The number of aromatic nitrogens is 1. The quantitative estimate of drug-likeness (QED) is 0.558. The van der Waals surface area contributed by atoms with Crippen LogP contribution >= 0.6 is 0 Å². The average Bonchev–Trinajstić information content (AvgIpc) is 2.26. The third kappa shape index (κ3) is 3.23. The van der Waals surface area contributed by atoms with Crippen LogP contribution in [0.25, 0.3) is 0 Å². The average molecular weight is 247 g/mol. The zero-order valence-electron chi connectivity index (χ0n) is 11.4. The van der Waals surface area contributed by atoms with Gasteiger partial charge in [0.25, 0.3) is 0 Å². The van der Waals surface area contributed by atoms with Crippen molar-refractivity contribution in [2.45, 2.75) is 26.2 Å². The molecular weight excluding hydrogens is 226 g/mol. The Kier molecular flexibility index (Phi) is 3.96. The van der Waals surface area contributed by atoms with E-state index in [1.165, 1.54) is 0 Å². The normalized spacial score (nSPS) is 12.3. The Balaban J connectivity index is 3.33. The van der Waals surface area contributed by atoms with Crippen LogP contribution in [0.2, 0.25) is 0 Å². The highest BCUT2D eigenvalue weighted by Gasteiger charge is 2.18. The Bertz CT molecular complexity index is 483. The number of hydrogen-bond donors (Lipinski definition) is 3. The Morgan fingerprint density at radius 2 is 1.94 bits per heavy atom. The molecule has 0 aliphatic rings. The maximum atomic E-state index is 5.83. The van der Waals surface area contributed by atoms with Gasteiger partial charge in [-0.05, 0) is 12.1 Å². The number of nitrogens with one attached hydrogen (secondary N) is 1. The summed E-state index contributed by atoms with van der Waals surface area (Å²) >= 11 is 0. The van der Waals surface area contributed by atoms with E-state index in [1.807, 2.05) is 12.1 Å². The molecule has 0 fully saturated rings. The smallest absolute Gasteiger partial charge is 0.142 e. The molecule has 0 aliphatic heterocycles. The van der Waals surface area contributed by atoms with Gasteiger partial charge in [-0.3, -0.25) is 4.99 Å². The van der Waals surface area contributed by atoms with Gasteiger partial charge in [0.1, 0.15) is 11.7 Å². The van der Waals surface area contributed by atoms with Gasteiger partial charge in [-0.2, -0.15) is 0 Å². The standard InChI is InChI=1S/C13H21N5/c1-8(14)17-12-9(11(15)16-5)6-7-10(18-12)13(2,3)4/h6-7H,1,14H2,2-5H3,(H2,15,16)(H,17,18). The van der Waals surface area contributed by atoms with Gasteiger partial charge in [-0.15, -0.1) is 0 Å². The SMILES string of the molecule is C=C(N)Nc1nc(C(C)(C)C)ccc1C(N)=NC. The molecule has 0 spiro atoms. The Hall–Kier alpha value is -2.04. The zero-order valence-corrected chi connectivity index (χ0v) is 11.4. The number of rotatable bonds is 3. The summed E-state index contributed by atoms with van der Waals surface area (Å²) in [6, 6.07) is 3.83. The van der Waals surface area contributed by atoms with E-state index in [2.05, 4.69) is 42.6 Å². The van der Waals surface area contributed by atoms with Crippen LogP contribution < -0.4 is 16.8 Å². The summed E-state index contributed by atoms with van der Waals surface area (Å²) in [7, 11) is 1.63. The number of nitrogens with zero attached hydrogens (tertiary/aromatic N) is 2. The van der Waals surface area contributed by atoms with Crippen molar-refractivity contribution in [3.8, 4) is 0 Å². The van der Waals surface area contributed by atoms with Crippen LogP contribution in [0.15, 0.2) is 29.5 Å². The summed E-state index contributed by atoms with van der Waals surface area (Å²) in [6.45, 7) is 9.89. The molecule has 0 amide bonds. The first-order valence-electron chi connectivity index (χ1n) is 5.71. The van der Waals surface area contributed by atoms with Gasteiger partial charge in [-0.1, -0.05) is 27.4 Å². The number of pyridine rings is 1. The highest BCUT2D eigenvalue weighted by Crippen LogP contribution is 2.24. The van der Waals surface area contributed by atoms with Crippen molar-refractivity contribution in [2.24, 2.45) is 16.5 Å². The van der Waals surface area contributed by atoms with Gasteiger partial charge in [0.2, 0.25) is 0 Å². The molecule has 1 aromatic rings. The highest BCUT2D eigenvalue weighted by molar-refractivity contribution is 6.01. The first kappa shape index (κ1) is 14.0. The van der Waals surface area contributed by atoms with Gasteiger partial charge in [-0.25, -0.2) is 4.98 Å². The monoisotopic (exact) mass is 247 g/mol. The van der Waals surface area contributed by atoms with Crippen LogP contribution in [-0.4, -0.2) is 17.9 Å². The summed E-state index contributed by atoms with van der Waals surface area (Å²) in [5.74, 6) is 1.31. The second kappa shape index (κ2) is 5.08. The van der Waals surface area contributed by atoms with E-state index in [9.17, 15) is 0 Å². The summed E-state index contributed by atoms with van der Waals surface area (Å²) in [5.41, 5.74) is 13.0. The Morgan fingerprint density at radius 3 is 2.39 bits per heavy atom. The van der Waals surface area contributed by atoms with Crippen molar-refractivity contribution < 1.29 is 0 Å². The van der Waals surface area contributed by atoms with Crippen molar-refractivity contribution >= 4 is 11.7 Å². The fourth-order valence-corrected chi connectivity index (χ4v) is 1.45. The minimum Gasteiger partial charge on any atom is -0.386 e. The first-order valence-corrected chi connectivity index (χ1v) is 5.71. The minimum absolute atomic E-state index is 0.0526. The predicted molar refractivity (Wildman–Crippen MR) is 76.5 cm³/mol. The topological polar surface area (TPSA) is 89.3 Å². The molecule has 0 unspecified atom stereocenters. The maximum absolute atomic E-state index is 5.83. The molecule has 0 saturated heterocycles. The molecule has 1 heterocycles. The largest absolute Gasteiger partial charge is 0.386 e. The highest BCUT2D eigenvalue weighted by atomic mass is 15.1. The molecular formula is C13H21N5. The van der Waals surface area contributed by atoms with E-state index >= 15 is 0 Å². The number of aliphatic imine (C=N–C) groups is 1. The zero-order chi connectivity index (χ0) is 13.9. The van der Waals surface area contributed by atoms with Gasteiger partial charge in [0.15, 0.2) is 0 Å². The molecule has 0 aromatic carbocycles.